The first-order chi connectivity index (χ1) is 14.7. The van der Waals surface area contributed by atoms with Gasteiger partial charge >= 0.3 is 5.97 Å². The van der Waals surface area contributed by atoms with Gasteiger partial charge in [-0.05, 0) is 49.3 Å². The number of rotatable bonds is 7. The number of guanidine groups is 1. The molecule has 156 valence electrons. The number of ether oxygens (including phenoxy) is 1. The first-order valence-corrected chi connectivity index (χ1v) is 10.5. The summed E-state index contributed by atoms with van der Waals surface area (Å²) in [4.78, 5) is 24.0. The zero-order valence-electron chi connectivity index (χ0n) is 17.5. The van der Waals surface area contributed by atoms with Gasteiger partial charge in [0.2, 0.25) is 0 Å². The predicted octanol–water partition coefficient (Wildman–Crippen LogP) is 3.48. The molecule has 1 aromatic carbocycles. The molecule has 1 unspecified atom stereocenters. The Morgan fingerprint density at radius 1 is 1.23 bits per heavy atom. The van der Waals surface area contributed by atoms with Gasteiger partial charge in [-0.2, -0.15) is 0 Å². The average molecular weight is 405 g/mol. The highest BCUT2D eigenvalue weighted by atomic mass is 16.5. The normalized spacial score (nSPS) is 20.3. The monoisotopic (exact) mass is 404 g/mol. The van der Waals surface area contributed by atoms with Crippen molar-refractivity contribution in [3.63, 3.8) is 0 Å². The fraction of sp³-hybridized carbons (Fsp3) is 0.375. The lowest BCUT2D eigenvalue weighted by Crippen LogP contribution is -2.49. The Hall–Kier alpha value is -3.15. The topological polar surface area (TPSA) is 66.8 Å². The summed E-state index contributed by atoms with van der Waals surface area (Å²) in [6, 6.07) is 13.7. The highest BCUT2D eigenvalue weighted by Gasteiger charge is 2.37. The second kappa shape index (κ2) is 9.11. The summed E-state index contributed by atoms with van der Waals surface area (Å²) in [5.74, 6) is 1.17. The van der Waals surface area contributed by atoms with Crippen LogP contribution in [0, 0.1) is 5.92 Å². The van der Waals surface area contributed by atoms with Crippen LogP contribution in [0.2, 0.25) is 0 Å². The number of hydrogen-bond acceptors (Lipinski definition) is 4. The lowest BCUT2D eigenvalue weighted by molar-refractivity contribution is -0.136. The minimum atomic E-state index is -0.302. The van der Waals surface area contributed by atoms with Gasteiger partial charge in [-0.3, -0.25) is 9.98 Å². The minimum absolute atomic E-state index is 0.286. The third kappa shape index (κ3) is 4.53. The van der Waals surface area contributed by atoms with Crippen molar-refractivity contribution in [2.45, 2.75) is 32.2 Å². The highest BCUT2D eigenvalue weighted by Crippen LogP contribution is 2.35. The molecule has 0 spiro atoms. The number of nitrogens with zero attached hydrogens (tertiary/aromatic N) is 3. The van der Waals surface area contributed by atoms with Crippen LogP contribution in [-0.2, 0) is 16.0 Å². The van der Waals surface area contributed by atoms with Gasteiger partial charge in [-0.15, -0.1) is 0 Å². The van der Waals surface area contributed by atoms with Gasteiger partial charge in [0, 0.05) is 31.2 Å². The molecule has 4 rings (SSSR count). The molecule has 6 nitrogen and oxygen atoms in total. The molecule has 1 aliphatic carbocycles. The van der Waals surface area contributed by atoms with Gasteiger partial charge in [-0.1, -0.05) is 36.4 Å². The Bertz CT molecular complexity index is 936. The van der Waals surface area contributed by atoms with Crippen LogP contribution in [0.15, 0.2) is 71.1 Å². The van der Waals surface area contributed by atoms with E-state index in [4.69, 9.17) is 9.73 Å². The van der Waals surface area contributed by atoms with Gasteiger partial charge in [-0.25, -0.2) is 4.79 Å². The van der Waals surface area contributed by atoms with E-state index in [1.54, 1.807) is 6.20 Å². The number of aliphatic imine (C=N–C) groups is 1. The van der Waals surface area contributed by atoms with Crippen LogP contribution in [0.25, 0.3) is 0 Å². The zero-order chi connectivity index (χ0) is 20.9. The maximum Gasteiger partial charge on any atom is 0.337 e. The van der Waals surface area contributed by atoms with E-state index >= 15 is 0 Å². The SMILES string of the molecule is COC(=O)C1=C(C)N(CC2CC2)C(=NCCc2cccnc2)NC1c1ccccc1. The Labute approximate surface area is 177 Å². The highest BCUT2D eigenvalue weighted by molar-refractivity contribution is 5.96. The molecule has 1 saturated carbocycles. The van der Waals surface area contributed by atoms with Crippen LogP contribution in [0.4, 0.5) is 0 Å². The van der Waals surface area contributed by atoms with Crippen LogP contribution in [0.1, 0.15) is 36.9 Å². The second-order valence-corrected chi connectivity index (χ2v) is 7.85. The molecule has 2 aliphatic rings. The fourth-order valence-electron chi connectivity index (χ4n) is 3.81. The molecule has 1 fully saturated rings. The lowest BCUT2D eigenvalue weighted by atomic mass is 9.94. The molecular weight excluding hydrogens is 376 g/mol. The molecular formula is C24H28N4O2. The van der Waals surface area contributed by atoms with E-state index in [1.165, 1.54) is 20.0 Å². The Morgan fingerprint density at radius 3 is 2.70 bits per heavy atom. The smallest absolute Gasteiger partial charge is 0.337 e. The Kier molecular flexibility index (Phi) is 6.12. The number of pyridine rings is 1. The molecule has 0 bridgehead atoms. The lowest BCUT2D eigenvalue weighted by Gasteiger charge is -2.38. The Balaban J connectivity index is 1.66. The Morgan fingerprint density at radius 2 is 2.03 bits per heavy atom. The first-order valence-electron chi connectivity index (χ1n) is 10.5. The number of benzene rings is 1. The maximum absolute atomic E-state index is 12.7. The van der Waals surface area contributed by atoms with Crippen LogP contribution in [0.5, 0.6) is 0 Å². The van der Waals surface area contributed by atoms with Crippen LogP contribution < -0.4 is 5.32 Å². The van der Waals surface area contributed by atoms with E-state index < -0.39 is 0 Å². The summed E-state index contributed by atoms with van der Waals surface area (Å²) >= 11 is 0. The fourth-order valence-corrected chi connectivity index (χ4v) is 3.81. The third-order valence-corrected chi connectivity index (χ3v) is 5.67. The zero-order valence-corrected chi connectivity index (χ0v) is 17.5. The number of allylic oxidation sites excluding steroid dienone is 1. The van der Waals surface area contributed by atoms with Crippen LogP contribution >= 0.6 is 0 Å². The minimum Gasteiger partial charge on any atom is -0.466 e. The standard InChI is InChI=1S/C24H28N4O2/c1-17-21(23(29)30-2)22(20-8-4-3-5-9-20)27-24(28(17)16-19-10-11-19)26-14-12-18-7-6-13-25-15-18/h3-9,13,15,19,22H,10-12,14,16H2,1-2H3,(H,26,27). The summed E-state index contributed by atoms with van der Waals surface area (Å²) in [5, 5.41) is 3.54. The van der Waals surface area contributed by atoms with E-state index in [0.29, 0.717) is 18.0 Å². The van der Waals surface area contributed by atoms with E-state index in [2.05, 4.69) is 21.3 Å². The van der Waals surface area contributed by atoms with E-state index in [9.17, 15) is 4.79 Å². The second-order valence-electron chi connectivity index (χ2n) is 7.85. The van der Waals surface area contributed by atoms with E-state index in [1.807, 2.05) is 49.5 Å². The molecule has 0 radical (unpaired) electrons. The van der Waals surface area contributed by atoms with Crippen molar-refractivity contribution in [1.29, 1.82) is 0 Å². The van der Waals surface area contributed by atoms with Gasteiger partial charge in [0.1, 0.15) is 0 Å². The van der Waals surface area contributed by atoms with Gasteiger partial charge in [0.05, 0.1) is 18.7 Å². The van der Waals surface area contributed by atoms with Gasteiger partial charge in [0.25, 0.3) is 0 Å². The largest absolute Gasteiger partial charge is 0.466 e. The number of hydrogen-bond donors (Lipinski definition) is 1. The summed E-state index contributed by atoms with van der Waals surface area (Å²) in [6.07, 6.45) is 6.93. The van der Waals surface area contributed by atoms with Crippen molar-refractivity contribution in [3.05, 3.63) is 77.3 Å². The summed E-state index contributed by atoms with van der Waals surface area (Å²) in [6.45, 7) is 3.52. The van der Waals surface area contributed by atoms with Crippen molar-refractivity contribution in [2.75, 3.05) is 20.2 Å². The molecule has 2 aromatic rings. The number of methoxy groups -OCH3 is 1. The molecule has 1 aliphatic heterocycles. The van der Waals surface area contributed by atoms with Crippen molar-refractivity contribution in [3.8, 4) is 0 Å². The molecule has 6 heteroatoms. The number of aromatic nitrogens is 1. The van der Waals surface area contributed by atoms with E-state index in [-0.39, 0.29) is 12.0 Å². The number of esters is 1. The molecule has 1 atom stereocenters. The van der Waals surface area contributed by atoms with Crippen molar-refractivity contribution in [2.24, 2.45) is 10.9 Å². The number of carbonyl (C=O) groups is 1. The predicted molar refractivity (Wildman–Crippen MR) is 117 cm³/mol. The van der Waals surface area contributed by atoms with E-state index in [0.717, 1.165) is 35.7 Å². The summed E-state index contributed by atoms with van der Waals surface area (Å²) in [7, 11) is 1.44. The quantitative estimate of drug-likeness (QED) is 0.716. The molecule has 30 heavy (non-hydrogen) atoms. The van der Waals surface area contributed by atoms with Crippen molar-refractivity contribution >= 4 is 11.9 Å². The molecule has 2 heterocycles. The average Bonchev–Trinajstić information content (AvgIpc) is 3.61. The third-order valence-electron chi connectivity index (χ3n) is 5.67. The maximum atomic E-state index is 12.7. The summed E-state index contributed by atoms with van der Waals surface area (Å²) in [5.41, 5.74) is 3.74. The number of carbonyl (C=O) groups excluding carboxylic acids is 1. The molecule has 0 saturated heterocycles. The van der Waals surface area contributed by atoms with Crippen LogP contribution in [-0.4, -0.2) is 42.0 Å². The van der Waals surface area contributed by atoms with Crippen molar-refractivity contribution in [1.82, 2.24) is 15.2 Å². The summed E-state index contributed by atoms with van der Waals surface area (Å²) < 4.78 is 5.14. The number of nitrogens with one attached hydrogen (secondary N) is 1. The van der Waals surface area contributed by atoms with Gasteiger partial charge in [0.15, 0.2) is 5.96 Å². The first kappa shape index (κ1) is 20.1. The van der Waals surface area contributed by atoms with Crippen LogP contribution in [0.3, 0.4) is 0 Å². The van der Waals surface area contributed by atoms with Gasteiger partial charge < -0.3 is 15.0 Å². The molecule has 1 aromatic heterocycles. The van der Waals surface area contributed by atoms with Crippen molar-refractivity contribution < 1.29 is 9.53 Å². The molecule has 1 N–H and O–H groups in total. The molecule has 0 amide bonds.